The highest BCUT2D eigenvalue weighted by atomic mass is 35.5. The van der Waals surface area contributed by atoms with E-state index in [1.165, 1.54) is 6.21 Å². The summed E-state index contributed by atoms with van der Waals surface area (Å²) in [6.07, 6.45) is 2.35. The molecule has 0 aromatic heterocycles. The zero-order valence-corrected chi connectivity index (χ0v) is 11.7. The van der Waals surface area contributed by atoms with Crippen LogP contribution >= 0.6 is 11.6 Å². The Hall–Kier alpha value is -1.61. The molecule has 0 saturated carbocycles. The summed E-state index contributed by atoms with van der Waals surface area (Å²) < 4.78 is 0. The van der Waals surface area contributed by atoms with Crippen LogP contribution in [0.4, 0.5) is 5.69 Å². The molecule has 0 bridgehead atoms. The SMILES string of the molecule is CC1(C)CC(=O)C(C=Nc2cccc(Cl)c2)=C(O)C1. The first kappa shape index (κ1) is 13.8. The molecule has 100 valence electrons. The molecule has 3 nitrogen and oxygen atoms in total. The van der Waals surface area contributed by atoms with Crippen molar-refractivity contribution in [2.75, 3.05) is 0 Å². The summed E-state index contributed by atoms with van der Waals surface area (Å²) in [6, 6.07) is 7.03. The van der Waals surface area contributed by atoms with Crippen LogP contribution in [0.3, 0.4) is 0 Å². The first-order valence-electron chi connectivity index (χ1n) is 6.12. The van der Waals surface area contributed by atoms with Crippen LogP contribution in [0, 0.1) is 5.41 Å². The van der Waals surface area contributed by atoms with Gasteiger partial charge in [-0.3, -0.25) is 9.79 Å². The number of allylic oxidation sites excluding steroid dienone is 2. The number of aliphatic imine (C=N–C) groups is 1. The van der Waals surface area contributed by atoms with Crippen molar-refractivity contribution < 1.29 is 9.90 Å². The maximum atomic E-state index is 12.0. The van der Waals surface area contributed by atoms with E-state index in [4.69, 9.17) is 11.6 Å². The van der Waals surface area contributed by atoms with Gasteiger partial charge in [0, 0.05) is 24.1 Å². The first-order valence-corrected chi connectivity index (χ1v) is 6.50. The minimum absolute atomic E-state index is 0.0699. The molecule has 0 radical (unpaired) electrons. The highest BCUT2D eigenvalue weighted by molar-refractivity contribution is 6.30. The third-order valence-electron chi connectivity index (χ3n) is 3.05. The van der Waals surface area contributed by atoms with Crippen LogP contribution in [-0.4, -0.2) is 17.1 Å². The minimum atomic E-state index is -0.186. The predicted molar refractivity (Wildman–Crippen MR) is 77.3 cm³/mol. The molecule has 2 rings (SSSR count). The molecule has 0 atom stereocenters. The molecule has 1 aromatic carbocycles. The van der Waals surface area contributed by atoms with Crippen LogP contribution in [0.15, 0.2) is 40.6 Å². The number of aliphatic hydroxyl groups excluding tert-OH is 1. The fraction of sp³-hybridized carbons (Fsp3) is 0.333. The van der Waals surface area contributed by atoms with Gasteiger partial charge in [0.15, 0.2) is 5.78 Å². The molecule has 1 N–H and O–H groups in total. The van der Waals surface area contributed by atoms with Crippen molar-refractivity contribution in [3.8, 4) is 0 Å². The molecule has 0 fully saturated rings. The molecule has 0 heterocycles. The number of carbonyl (C=O) groups is 1. The van der Waals surface area contributed by atoms with Crippen molar-refractivity contribution >= 4 is 29.3 Å². The molecule has 1 aromatic rings. The van der Waals surface area contributed by atoms with Gasteiger partial charge in [0.2, 0.25) is 0 Å². The lowest BCUT2D eigenvalue weighted by Gasteiger charge is -2.28. The number of benzene rings is 1. The number of Topliss-reactive ketones (excluding diaryl/α,β-unsaturated/α-hetero) is 1. The summed E-state index contributed by atoms with van der Waals surface area (Å²) in [5.74, 6) is 0.0477. The van der Waals surface area contributed by atoms with Crippen LogP contribution in [0.2, 0.25) is 5.02 Å². The molecule has 1 aliphatic rings. The molecule has 4 heteroatoms. The molecule has 19 heavy (non-hydrogen) atoms. The molecular formula is C15H16ClNO2. The van der Waals surface area contributed by atoms with E-state index in [9.17, 15) is 9.90 Å². The van der Waals surface area contributed by atoms with Gasteiger partial charge in [-0.05, 0) is 23.6 Å². The van der Waals surface area contributed by atoms with E-state index in [1.807, 2.05) is 13.8 Å². The van der Waals surface area contributed by atoms with Crippen LogP contribution in [0.5, 0.6) is 0 Å². The summed E-state index contributed by atoms with van der Waals surface area (Å²) in [5.41, 5.74) is 0.777. The molecule has 0 unspecified atom stereocenters. The lowest BCUT2D eigenvalue weighted by atomic mass is 9.77. The molecular weight excluding hydrogens is 262 g/mol. The lowest BCUT2D eigenvalue weighted by Crippen LogP contribution is -2.26. The zero-order chi connectivity index (χ0) is 14.0. The van der Waals surface area contributed by atoms with Crippen LogP contribution < -0.4 is 0 Å². The predicted octanol–water partition coefficient (Wildman–Crippen LogP) is 4.24. The lowest BCUT2D eigenvalue weighted by molar-refractivity contribution is -0.117. The number of hydrogen-bond donors (Lipinski definition) is 1. The Labute approximate surface area is 117 Å². The zero-order valence-electron chi connectivity index (χ0n) is 11.0. The topological polar surface area (TPSA) is 49.7 Å². The second-order valence-corrected chi connectivity index (χ2v) is 5.98. The van der Waals surface area contributed by atoms with E-state index in [0.29, 0.717) is 29.1 Å². The number of halogens is 1. The van der Waals surface area contributed by atoms with Crippen molar-refractivity contribution in [2.45, 2.75) is 26.7 Å². The quantitative estimate of drug-likeness (QED) is 0.822. The standard InChI is InChI=1S/C15H16ClNO2/c1-15(2)7-13(18)12(14(19)8-15)9-17-11-5-3-4-10(16)6-11/h3-6,9,18H,7-8H2,1-2H3. The van der Waals surface area contributed by atoms with Gasteiger partial charge in [0.25, 0.3) is 0 Å². The highest BCUT2D eigenvalue weighted by Gasteiger charge is 2.32. The van der Waals surface area contributed by atoms with Gasteiger partial charge < -0.3 is 5.11 Å². The largest absolute Gasteiger partial charge is 0.511 e. The Kier molecular flexibility index (Phi) is 3.76. The van der Waals surface area contributed by atoms with Gasteiger partial charge in [-0.2, -0.15) is 0 Å². The third-order valence-corrected chi connectivity index (χ3v) is 3.28. The number of hydrogen-bond acceptors (Lipinski definition) is 3. The van der Waals surface area contributed by atoms with E-state index < -0.39 is 0 Å². The Morgan fingerprint density at radius 3 is 2.74 bits per heavy atom. The van der Waals surface area contributed by atoms with Gasteiger partial charge in [-0.1, -0.05) is 31.5 Å². The second kappa shape index (κ2) is 5.17. The molecule has 0 saturated heterocycles. The Morgan fingerprint density at radius 1 is 1.37 bits per heavy atom. The van der Waals surface area contributed by atoms with E-state index in [-0.39, 0.29) is 17.0 Å². The highest BCUT2D eigenvalue weighted by Crippen LogP contribution is 2.35. The van der Waals surface area contributed by atoms with Crippen LogP contribution in [-0.2, 0) is 4.79 Å². The number of carbonyl (C=O) groups excluding carboxylic acids is 1. The van der Waals surface area contributed by atoms with Gasteiger partial charge in [0.1, 0.15) is 5.76 Å². The summed E-state index contributed by atoms with van der Waals surface area (Å²) >= 11 is 5.86. The Bertz CT molecular complexity index is 573. The Balaban J connectivity index is 2.25. The second-order valence-electron chi connectivity index (χ2n) is 5.54. The normalized spacial score (nSPS) is 19.2. The van der Waals surface area contributed by atoms with E-state index >= 15 is 0 Å². The molecule has 0 spiro atoms. The molecule has 0 amide bonds. The third kappa shape index (κ3) is 3.44. The smallest absolute Gasteiger partial charge is 0.168 e. The van der Waals surface area contributed by atoms with Gasteiger partial charge >= 0.3 is 0 Å². The van der Waals surface area contributed by atoms with Gasteiger partial charge in [-0.25, -0.2) is 0 Å². The van der Waals surface area contributed by atoms with Crippen molar-refractivity contribution in [1.82, 2.24) is 0 Å². The van der Waals surface area contributed by atoms with Crippen LogP contribution in [0.25, 0.3) is 0 Å². The summed E-state index contributed by atoms with van der Waals surface area (Å²) in [5, 5.41) is 10.5. The minimum Gasteiger partial charge on any atom is -0.511 e. The average Bonchev–Trinajstić information content (AvgIpc) is 2.26. The summed E-state index contributed by atoms with van der Waals surface area (Å²) in [6.45, 7) is 3.93. The average molecular weight is 278 g/mol. The van der Waals surface area contributed by atoms with Gasteiger partial charge in [-0.15, -0.1) is 0 Å². The molecule has 1 aliphatic carbocycles. The van der Waals surface area contributed by atoms with Crippen molar-refractivity contribution in [3.05, 3.63) is 40.6 Å². The molecule has 0 aliphatic heterocycles. The fourth-order valence-electron chi connectivity index (χ4n) is 2.14. The summed E-state index contributed by atoms with van der Waals surface area (Å²) in [4.78, 5) is 16.2. The maximum Gasteiger partial charge on any atom is 0.168 e. The monoisotopic (exact) mass is 277 g/mol. The van der Waals surface area contributed by atoms with E-state index in [0.717, 1.165) is 0 Å². The van der Waals surface area contributed by atoms with E-state index in [1.54, 1.807) is 24.3 Å². The van der Waals surface area contributed by atoms with Crippen molar-refractivity contribution in [1.29, 1.82) is 0 Å². The maximum absolute atomic E-state index is 12.0. The van der Waals surface area contributed by atoms with Crippen molar-refractivity contribution in [2.24, 2.45) is 10.4 Å². The summed E-state index contributed by atoms with van der Waals surface area (Å²) in [7, 11) is 0. The number of rotatable bonds is 2. The van der Waals surface area contributed by atoms with Crippen LogP contribution in [0.1, 0.15) is 26.7 Å². The van der Waals surface area contributed by atoms with Gasteiger partial charge in [0.05, 0.1) is 11.3 Å². The number of nitrogens with zero attached hydrogens (tertiary/aromatic N) is 1. The van der Waals surface area contributed by atoms with Crippen molar-refractivity contribution in [3.63, 3.8) is 0 Å². The first-order chi connectivity index (χ1) is 8.87. The number of ketones is 1. The number of aliphatic hydroxyl groups is 1. The fourth-order valence-corrected chi connectivity index (χ4v) is 2.33. The van der Waals surface area contributed by atoms with E-state index in [2.05, 4.69) is 4.99 Å². The Morgan fingerprint density at radius 2 is 2.11 bits per heavy atom.